The van der Waals surface area contributed by atoms with Gasteiger partial charge in [0.15, 0.2) is 0 Å². The number of hydrogen-bond donors (Lipinski definition) is 1. The zero-order valence-corrected chi connectivity index (χ0v) is 8.50. The second-order valence-electron chi connectivity index (χ2n) is 4.04. The van der Waals surface area contributed by atoms with Crippen molar-refractivity contribution in [3.8, 4) is 0 Å². The van der Waals surface area contributed by atoms with Crippen LogP contribution in [0, 0.1) is 0 Å². The van der Waals surface area contributed by atoms with Crippen LogP contribution >= 0.6 is 0 Å². The Labute approximate surface area is 84.6 Å². The Hall–Kier alpha value is -0.770. The average molecular weight is 198 g/mol. The van der Waals surface area contributed by atoms with Gasteiger partial charge in [-0.15, -0.1) is 0 Å². The molecule has 0 aromatic rings. The first-order valence-corrected chi connectivity index (χ1v) is 5.51. The van der Waals surface area contributed by atoms with Gasteiger partial charge in [0, 0.05) is 12.6 Å². The molecule has 0 aromatic heterocycles. The van der Waals surface area contributed by atoms with Crippen molar-refractivity contribution in [2.75, 3.05) is 26.2 Å². The topological polar surface area (TPSA) is 41.6 Å². The first kappa shape index (κ1) is 9.77. The minimum absolute atomic E-state index is 0.135. The summed E-state index contributed by atoms with van der Waals surface area (Å²) in [5, 5.41) is 3.46. The molecule has 0 aliphatic carbocycles. The Kier molecular flexibility index (Phi) is 3.24. The summed E-state index contributed by atoms with van der Waals surface area (Å²) in [5.74, 6) is 0. The van der Waals surface area contributed by atoms with Gasteiger partial charge in [-0.1, -0.05) is 0 Å². The van der Waals surface area contributed by atoms with Gasteiger partial charge in [-0.3, -0.25) is 0 Å². The van der Waals surface area contributed by atoms with Crippen LogP contribution in [0.1, 0.15) is 25.7 Å². The van der Waals surface area contributed by atoms with Crippen molar-refractivity contribution < 1.29 is 9.53 Å². The fourth-order valence-electron chi connectivity index (χ4n) is 2.16. The quantitative estimate of drug-likeness (QED) is 0.732. The molecule has 0 spiro atoms. The molecule has 1 N–H and O–H groups in total. The molecule has 0 bridgehead atoms. The van der Waals surface area contributed by atoms with Gasteiger partial charge < -0.3 is 15.0 Å². The lowest BCUT2D eigenvalue weighted by Gasteiger charge is -2.14. The normalized spacial score (nSPS) is 27.0. The number of ether oxygens (including phenoxy) is 1. The van der Waals surface area contributed by atoms with Gasteiger partial charge in [0.1, 0.15) is 6.61 Å². The SMILES string of the molecule is O=C1OCCN1CCCC1CCCN1. The van der Waals surface area contributed by atoms with Crippen LogP contribution in [0.3, 0.4) is 0 Å². The molecule has 80 valence electrons. The smallest absolute Gasteiger partial charge is 0.409 e. The summed E-state index contributed by atoms with van der Waals surface area (Å²) in [6, 6.07) is 0.689. The van der Waals surface area contributed by atoms with E-state index in [1.165, 1.54) is 19.3 Å². The Morgan fingerprint density at radius 3 is 3.14 bits per heavy atom. The number of rotatable bonds is 4. The van der Waals surface area contributed by atoms with Crippen LogP contribution in [-0.2, 0) is 4.74 Å². The molecule has 2 fully saturated rings. The summed E-state index contributed by atoms with van der Waals surface area (Å²) in [6.07, 6.45) is 4.74. The van der Waals surface area contributed by atoms with Crippen LogP contribution in [0.2, 0.25) is 0 Å². The van der Waals surface area contributed by atoms with Gasteiger partial charge in [-0.05, 0) is 32.2 Å². The largest absolute Gasteiger partial charge is 0.448 e. The number of carbonyl (C=O) groups is 1. The molecule has 0 saturated carbocycles. The Morgan fingerprint density at radius 2 is 2.50 bits per heavy atom. The predicted molar refractivity (Wildman–Crippen MR) is 53.2 cm³/mol. The number of nitrogens with one attached hydrogen (secondary N) is 1. The molecule has 2 heterocycles. The van der Waals surface area contributed by atoms with Crippen molar-refractivity contribution in [2.24, 2.45) is 0 Å². The van der Waals surface area contributed by atoms with E-state index in [2.05, 4.69) is 5.32 Å². The third kappa shape index (κ3) is 2.38. The van der Waals surface area contributed by atoms with Crippen molar-refractivity contribution in [1.29, 1.82) is 0 Å². The molecule has 4 heteroatoms. The highest BCUT2D eigenvalue weighted by atomic mass is 16.6. The van der Waals surface area contributed by atoms with Crippen LogP contribution in [0.5, 0.6) is 0 Å². The second-order valence-corrected chi connectivity index (χ2v) is 4.04. The van der Waals surface area contributed by atoms with E-state index in [1.54, 1.807) is 4.90 Å². The fraction of sp³-hybridized carbons (Fsp3) is 0.900. The summed E-state index contributed by atoms with van der Waals surface area (Å²) in [5.41, 5.74) is 0. The van der Waals surface area contributed by atoms with Gasteiger partial charge >= 0.3 is 6.09 Å². The highest BCUT2D eigenvalue weighted by Crippen LogP contribution is 2.12. The summed E-state index contributed by atoms with van der Waals surface area (Å²) < 4.78 is 4.86. The number of nitrogens with zero attached hydrogens (tertiary/aromatic N) is 1. The lowest BCUT2D eigenvalue weighted by Crippen LogP contribution is -2.27. The Balaban J connectivity index is 1.60. The van der Waals surface area contributed by atoms with Crippen LogP contribution in [0.25, 0.3) is 0 Å². The molecule has 2 aliphatic heterocycles. The van der Waals surface area contributed by atoms with Crippen LogP contribution in [-0.4, -0.2) is 43.3 Å². The van der Waals surface area contributed by atoms with Crippen molar-refractivity contribution in [3.63, 3.8) is 0 Å². The molecule has 0 radical (unpaired) electrons. The van der Waals surface area contributed by atoms with Crippen molar-refractivity contribution >= 4 is 6.09 Å². The molecule has 2 rings (SSSR count). The molecular weight excluding hydrogens is 180 g/mol. The van der Waals surface area contributed by atoms with Gasteiger partial charge in [-0.25, -0.2) is 4.79 Å². The molecule has 4 nitrogen and oxygen atoms in total. The molecular formula is C10H18N2O2. The number of cyclic esters (lactones) is 1. The maximum atomic E-state index is 11.1. The van der Waals surface area contributed by atoms with E-state index < -0.39 is 0 Å². The molecule has 0 aromatic carbocycles. The zero-order valence-electron chi connectivity index (χ0n) is 8.50. The zero-order chi connectivity index (χ0) is 9.80. The van der Waals surface area contributed by atoms with E-state index in [4.69, 9.17) is 4.74 Å². The van der Waals surface area contributed by atoms with E-state index in [-0.39, 0.29) is 6.09 Å². The Bertz CT molecular complexity index is 202. The van der Waals surface area contributed by atoms with Gasteiger partial charge in [0.05, 0.1) is 6.54 Å². The summed E-state index contributed by atoms with van der Waals surface area (Å²) >= 11 is 0. The van der Waals surface area contributed by atoms with Crippen LogP contribution in [0.15, 0.2) is 0 Å². The van der Waals surface area contributed by atoms with Crippen molar-refractivity contribution in [3.05, 3.63) is 0 Å². The summed E-state index contributed by atoms with van der Waals surface area (Å²) in [7, 11) is 0. The maximum Gasteiger partial charge on any atom is 0.409 e. The minimum Gasteiger partial charge on any atom is -0.448 e. The Morgan fingerprint density at radius 1 is 1.57 bits per heavy atom. The molecule has 1 unspecified atom stereocenters. The molecule has 1 atom stereocenters. The monoisotopic (exact) mass is 198 g/mol. The second kappa shape index (κ2) is 4.64. The van der Waals surface area contributed by atoms with Gasteiger partial charge in [-0.2, -0.15) is 0 Å². The predicted octanol–water partition coefficient (Wildman–Crippen LogP) is 0.971. The molecule has 1 amide bonds. The molecule has 14 heavy (non-hydrogen) atoms. The number of carbonyl (C=O) groups excluding carboxylic acids is 1. The van der Waals surface area contributed by atoms with E-state index >= 15 is 0 Å². The van der Waals surface area contributed by atoms with Crippen molar-refractivity contribution in [2.45, 2.75) is 31.7 Å². The fourth-order valence-corrected chi connectivity index (χ4v) is 2.16. The van der Waals surface area contributed by atoms with E-state index in [9.17, 15) is 4.79 Å². The lowest BCUT2D eigenvalue weighted by atomic mass is 10.1. The van der Waals surface area contributed by atoms with Crippen molar-refractivity contribution in [1.82, 2.24) is 10.2 Å². The average Bonchev–Trinajstić information content (AvgIpc) is 2.78. The third-order valence-electron chi connectivity index (χ3n) is 2.99. The van der Waals surface area contributed by atoms with E-state index in [0.717, 1.165) is 26.1 Å². The molecule has 2 aliphatic rings. The highest BCUT2D eigenvalue weighted by molar-refractivity contribution is 5.69. The number of amides is 1. The van der Waals surface area contributed by atoms with Gasteiger partial charge in [0.2, 0.25) is 0 Å². The third-order valence-corrected chi connectivity index (χ3v) is 2.99. The maximum absolute atomic E-state index is 11.1. The minimum atomic E-state index is -0.135. The van der Waals surface area contributed by atoms with E-state index in [1.807, 2.05) is 0 Å². The van der Waals surface area contributed by atoms with Crippen LogP contribution < -0.4 is 5.32 Å². The highest BCUT2D eigenvalue weighted by Gasteiger charge is 2.21. The summed E-state index contributed by atoms with van der Waals surface area (Å²) in [6.45, 7) is 3.37. The number of hydrogen-bond acceptors (Lipinski definition) is 3. The molecule has 2 saturated heterocycles. The first-order chi connectivity index (χ1) is 6.86. The first-order valence-electron chi connectivity index (χ1n) is 5.51. The van der Waals surface area contributed by atoms with Crippen LogP contribution in [0.4, 0.5) is 4.79 Å². The lowest BCUT2D eigenvalue weighted by molar-refractivity contribution is 0.158. The van der Waals surface area contributed by atoms with Gasteiger partial charge in [0.25, 0.3) is 0 Å². The van der Waals surface area contributed by atoms with E-state index in [0.29, 0.717) is 12.6 Å². The summed E-state index contributed by atoms with van der Waals surface area (Å²) in [4.78, 5) is 12.9. The standard InChI is InChI=1S/C10H18N2O2/c13-10-12(7-8-14-10)6-2-4-9-3-1-5-11-9/h9,11H,1-8H2.